The lowest BCUT2D eigenvalue weighted by Crippen LogP contribution is -1.89. The lowest BCUT2D eigenvalue weighted by Gasteiger charge is -2.05. The third-order valence-electron chi connectivity index (χ3n) is 2.17. The zero-order valence-electron chi connectivity index (χ0n) is 7.85. The first-order valence-corrected chi connectivity index (χ1v) is 5.43. The highest BCUT2D eigenvalue weighted by Gasteiger charge is 2.02. The number of benzene rings is 1. The molecule has 0 spiro atoms. The van der Waals surface area contributed by atoms with Crippen molar-refractivity contribution in [3.63, 3.8) is 0 Å². The minimum absolute atomic E-state index is 0.894. The smallest absolute Gasteiger partial charge is 0.0519 e. The van der Waals surface area contributed by atoms with Crippen LogP contribution in [0.25, 0.3) is 11.1 Å². The van der Waals surface area contributed by atoms with Crippen LogP contribution >= 0.6 is 9.24 Å². The van der Waals surface area contributed by atoms with E-state index in [9.17, 15) is 0 Å². The van der Waals surface area contributed by atoms with E-state index in [-0.39, 0.29) is 0 Å². The van der Waals surface area contributed by atoms with Gasteiger partial charge in [0.25, 0.3) is 0 Å². The van der Waals surface area contributed by atoms with E-state index in [0.717, 1.165) is 11.9 Å². The third-order valence-corrected chi connectivity index (χ3v) is 2.56. The highest BCUT2D eigenvalue weighted by Crippen LogP contribution is 2.22. The maximum atomic E-state index is 4.35. The van der Waals surface area contributed by atoms with Crippen LogP contribution in [0.1, 0.15) is 5.69 Å². The minimum Gasteiger partial charge on any atom is -0.260 e. The zero-order valence-corrected chi connectivity index (χ0v) is 9.01. The van der Waals surface area contributed by atoms with Crippen LogP contribution in [0, 0.1) is 0 Å². The van der Waals surface area contributed by atoms with Gasteiger partial charge in [-0.25, -0.2) is 0 Å². The fourth-order valence-electron chi connectivity index (χ4n) is 1.48. The summed E-state index contributed by atoms with van der Waals surface area (Å²) in [5, 5.41) is 0. The van der Waals surface area contributed by atoms with Crippen LogP contribution in [0.15, 0.2) is 48.7 Å². The Labute approximate surface area is 86.4 Å². The number of hydrogen-bond donors (Lipinski definition) is 0. The summed E-state index contributed by atoms with van der Waals surface area (Å²) in [6.07, 6.45) is 2.73. The molecular weight excluding hydrogens is 189 g/mol. The summed E-state index contributed by atoms with van der Waals surface area (Å²) in [7, 11) is 2.72. The molecule has 0 aliphatic carbocycles. The zero-order chi connectivity index (χ0) is 9.80. The summed E-state index contributed by atoms with van der Waals surface area (Å²) in [5.74, 6) is 0. The van der Waals surface area contributed by atoms with Gasteiger partial charge >= 0.3 is 0 Å². The molecule has 1 nitrogen and oxygen atoms in total. The molecule has 0 amide bonds. The molecule has 14 heavy (non-hydrogen) atoms. The summed E-state index contributed by atoms with van der Waals surface area (Å²) >= 11 is 0. The highest BCUT2D eigenvalue weighted by molar-refractivity contribution is 7.15. The Kier molecular flexibility index (Phi) is 2.90. The number of hydrogen-bond acceptors (Lipinski definition) is 1. The van der Waals surface area contributed by atoms with E-state index in [2.05, 4.69) is 44.6 Å². The van der Waals surface area contributed by atoms with Crippen LogP contribution in [-0.2, 0) is 6.16 Å². The molecule has 1 heterocycles. The second-order valence-corrected chi connectivity index (χ2v) is 3.48. The van der Waals surface area contributed by atoms with Gasteiger partial charge in [0.05, 0.1) is 5.69 Å². The normalized spacial score (nSPS) is 10.1. The molecule has 1 atom stereocenters. The van der Waals surface area contributed by atoms with E-state index in [1.807, 2.05) is 18.3 Å². The van der Waals surface area contributed by atoms with E-state index < -0.39 is 0 Å². The van der Waals surface area contributed by atoms with Gasteiger partial charge in [0.15, 0.2) is 0 Å². The van der Waals surface area contributed by atoms with Crippen molar-refractivity contribution < 1.29 is 0 Å². The molecule has 1 unspecified atom stereocenters. The van der Waals surface area contributed by atoms with E-state index in [1.165, 1.54) is 11.1 Å². The molecular formula is C12H12NP. The Bertz CT molecular complexity index is 412. The highest BCUT2D eigenvalue weighted by atomic mass is 31.0. The van der Waals surface area contributed by atoms with Crippen molar-refractivity contribution in [1.29, 1.82) is 0 Å². The Morgan fingerprint density at radius 1 is 1.00 bits per heavy atom. The Morgan fingerprint density at radius 3 is 2.50 bits per heavy atom. The monoisotopic (exact) mass is 201 g/mol. The lowest BCUT2D eigenvalue weighted by molar-refractivity contribution is 1.18. The van der Waals surface area contributed by atoms with Gasteiger partial charge in [0.1, 0.15) is 0 Å². The van der Waals surface area contributed by atoms with Crippen molar-refractivity contribution in [3.8, 4) is 11.1 Å². The molecule has 0 aliphatic heterocycles. The van der Waals surface area contributed by atoms with Gasteiger partial charge in [-0.3, -0.25) is 4.98 Å². The Morgan fingerprint density at radius 2 is 1.79 bits per heavy atom. The van der Waals surface area contributed by atoms with Crippen LogP contribution < -0.4 is 0 Å². The van der Waals surface area contributed by atoms with Crippen molar-refractivity contribution in [2.45, 2.75) is 6.16 Å². The molecule has 0 saturated heterocycles. The first kappa shape index (κ1) is 9.36. The van der Waals surface area contributed by atoms with Gasteiger partial charge in [-0.05, 0) is 11.6 Å². The number of aromatic nitrogens is 1. The second kappa shape index (κ2) is 4.34. The third kappa shape index (κ3) is 1.83. The van der Waals surface area contributed by atoms with Crippen molar-refractivity contribution in [2.75, 3.05) is 0 Å². The molecule has 2 heteroatoms. The predicted molar refractivity (Wildman–Crippen MR) is 63.1 cm³/mol. The van der Waals surface area contributed by atoms with Gasteiger partial charge in [0, 0.05) is 17.9 Å². The summed E-state index contributed by atoms with van der Waals surface area (Å²) in [5.41, 5.74) is 3.59. The molecule has 0 aliphatic rings. The minimum atomic E-state index is 0.894. The topological polar surface area (TPSA) is 12.9 Å². The summed E-state index contributed by atoms with van der Waals surface area (Å²) in [6.45, 7) is 0. The fourth-order valence-corrected chi connectivity index (χ4v) is 1.81. The standard InChI is InChI=1S/C12H12NP/c14-9-12-11(7-4-8-13-12)10-5-2-1-3-6-10/h1-8H,9,14H2. The molecule has 2 aromatic rings. The first-order valence-electron chi connectivity index (χ1n) is 4.61. The SMILES string of the molecule is PCc1ncccc1-c1ccccc1. The van der Waals surface area contributed by atoms with Crippen LogP contribution in [-0.4, -0.2) is 4.98 Å². The summed E-state index contributed by atoms with van der Waals surface area (Å²) < 4.78 is 0. The number of pyridine rings is 1. The fraction of sp³-hybridized carbons (Fsp3) is 0.0833. The van der Waals surface area contributed by atoms with E-state index >= 15 is 0 Å². The van der Waals surface area contributed by atoms with Gasteiger partial charge in [-0.15, -0.1) is 9.24 Å². The molecule has 0 saturated carbocycles. The van der Waals surface area contributed by atoms with Crippen molar-refractivity contribution in [1.82, 2.24) is 4.98 Å². The maximum Gasteiger partial charge on any atom is 0.0519 e. The van der Waals surface area contributed by atoms with Crippen molar-refractivity contribution >= 4 is 9.24 Å². The van der Waals surface area contributed by atoms with Crippen LogP contribution in [0.2, 0.25) is 0 Å². The quantitative estimate of drug-likeness (QED) is 0.680. The molecule has 1 aromatic heterocycles. The lowest BCUT2D eigenvalue weighted by atomic mass is 10.1. The van der Waals surface area contributed by atoms with Gasteiger partial charge in [-0.2, -0.15) is 0 Å². The van der Waals surface area contributed by atoms with E-state index in [0.29, 0.717) is 0 Å². The average molecular weight is 201 g/mol. The second-order valence-electron chi connectivity index (χ2n) is 3.07. The van der Waals surface area contributed by atoms with Crippen molar-refractivity contribution in [3.05, 3.63) is 54.4 Å². The average Bonchev–Trinajstić information content (AvgIpc) is 2.30. The van der Waals surface area contributed by atoms with Gasteiger partial charge in [-0.1, -0.05) is 36.4 Å². The molecule has 0 N–H and O–H groups in total. The Balaban J connectivity index is 2.51. The van der Waals surface area contributed by atoms with Crippen LogP contribution in [0.3, 0.4) is 0 Å². The predicted octanol–water partition coefficient (Wildman–Crippen LogP) is 3.12. The molecule has 0 radical (unpaired) electrons. The van der Waals surface area contributed by atoms with E-state index in [4.69, 9.17) is 0 Å². The molecule has 70 valence electrons. The van der Waals surface area contributed by atoms with Crippen molar-refractivity contribution in [2.24, 2.45) is 0 Å². The Hall–Kier alpha value is -1.20. The maximum absolute atomic E-state index is 4.35. The molecule has 2 rings (SSSR count). The number of rotatable bonds is 2. The van der Waals surface area contributed by atoms with Gasteiger partial charge in [0.2, 0.25) is 0 Å². The number of nitrogens with zero attached hydrogens (tertiary/aromatic N) is 1. The molecule has 1 aromatic carbocycles. The van der Waals surface area contributed by atoms with E-state index in [1.54, 1.807) is 0 Å². The largest absolute Gasteiger partial charge is 0.260 e. The summed E-state index contributed by atoms with van der Waals surface area (Å²) in [6, 6.07) is 14.4. The van der Waals surface area contributed by atoms with Crippen LogP contribution in [0.5, 0.6) is 0 Å². The molecule has 0 bridgehead atoms. The van der Waals surface area contributed by atoms with Crippen LogP contribution in [0.4, 0.5) is 0 Å². The first-order chi connectivity index (χ1) is 6.92. The van der Waals surface area contributed by atoms with Gasteiger partial charge < -0.3 is 0 Å². The molecule has 0 fully saturated rings. The summed E-state index contributed by atoms with van der Waals surface area (Å²) in [4.78, 5) is 4.35.